The van der Waals surface area contributed by atoms with Crippen molar-refractivity contribution in [2.45, 2.75) is 57.9 Å². The van der Waals surface area contributed by atoms with Gasteiger partial charge in [0.1, 0.15) is 5.69 Å². The van der Waals surface area contributed by atoms with Gasteiger partial charge in [0.05, 0.1) is 17.4 Å². The fourth-order valence-corrected chi connectivity index (χ4v) is 5.93. The third-order valence-electron chi connectivity index (χ3n) is 5.10. The third kappa shape index (κ3) is 3.04. The summed E-state index contributed by atoms with van der Waals surface area (Å²) in [5, 5.41) is 3.59. The highest BCUT2D eigenvalue weighted by Crippen LogP contribution is 2.29. The minimum absolute atomic E-state index is 0.137. The van der Waals surface area contributed by atoms with Gasteiger partial charge in [-0.15, -0.1) is 0 Å². The number of halogens is 1. The molecule has 6 heteroatoms. The monoisotopic (exact) mass is 333 g/mol. The summed E-state index contributed by atoms with van der Waals surface area (Å²) < 4.78 is 14.3. The number of H-pyrrole nitrogens is 1. The molecule has 1 aliphatic heterocycles. The lowest BCUT2D eigenvalue weighted by Gasteiger charge is -2.33. The Balaban J connectivity index is 1.82. The molecule has 4 nitrogen and oxygen atoms in total. The van der Waals surface area contributed by atoms with Crippen molar-refractivity contribution >= 4 is 24.9 Å². The van der Waals surface area contributed by atoms with Crippen molar-refractivity contribution < 1.29 is 9.18 Å². The lowest BCUT2D eigenvalue weighted by Crippen LogP contribution is -2.42. The minimum Gasteiger partial charge on any atom is -0.349 e. The predicted octanol–water partition coefficient (Wildman–Crippen LogP) is 3.92. The second-order valence-corrected chi connectivity index (χ2v) is 12.8. The number of hydrogen-bond acceptors (Lipinski definition) is 2. The molecule has 1 saturated heterocycles. The van der Waals surface area contributed by atoms with Gasteiger partial charge in [0.25, 0.3) is 5.91 Å². The molecule has 0 aromatic carbocycles. The number of pyridine rings is 1. The lowest BCUT2D eigenvalue weighted by atomic mass is 10.1. The van der Waals surface area contributed by atoms with Crippen molar-refractivity contribution in [1.82, 2.24) is 15.3 Å². The van der Waals surface area contributed by atoms with Crippen LogP contribution in [0.15, 0.2) is 6.20 Å². The highest BCUT2D eigenvalue weighted by molar-refractivity contribution is 6.77. The number of aromatic amines is 1. The molecule has 3 rings (SSSR count). The fourth-order valence-electron chi connectivity index (χ4n) is 3.42. The Morgan fingerprint density at radius 3 is 2.65 bits per heavy atom. The zero-order chi connectivity index (χ0) is 16.8. The number of amides is 1. The SMILES string of the molecule is Cc1ncc2[nH]c(C(=O)NC3CC[Si](C)(C)CC3)c(C)c2c1F. The Labute approximate surface area is 136 Å². The van der Waals surface area contributed by atoms with Crippen LogP contribution in [0.3, 0.4) is 0 Å². The molecule has 0 spiro atoms. The Hall–Kier alpha value is -1.69. The van der Waals surface area contributed by atoms with Crippen molar-refractivity contribution in [3.8, 4) is 0 Å². The topological polar surface area (TPSA) is 57.8 Å². The van der Waals surface area contributed by atoms with Crippen LogP contribution < -0.4 is 5.32 Å². The Bertz CT molecular complexity index is 759. The molecule has 0 bridgehead atoms. The van der Waals surface area contributed by atoms with E-state index in [9.17, 15) is 9.18 Å². The van der Waals surface area contributed by atoms with Crippen molar-refractivity contribution in [3.63, 3.8) is 0 Å². The van der Waals surface area contributed by atoms with Gasteiger partial charge in [0.2, 0.25) is 0 Å². The van der Waals surface area contributed by atoms with Gasteiger partial charge in [-0.1, -0.05) is 25.2 Å². The molecule has 23 heavy (non-hydrogen) atoms. The quantitative estimate of drug-likeness (QED) is 0.818. The molecule has 0 unspecified atom stereocenters. The van der Waals surface area contributed by atoms with Crippen LogP contribution >= 0.6 is 0 Å². The van der Waals surface area contributed by atoms with Crippen LogP contribution in [0.4, 0.5) is 4.39 Å². The molecular weight excluding hydrogens is 309 g/mol. The molecule has 2 N–H and O–H groups in total. The van der Waals surface area contributed by atoms with Crippen LogP contribution in [-0.2, 0) is 0 Å². The summed E-state index contributed by atoms with van der Waals surface area (Å²) in [6, 6.07) is 2.74. The maximum atomic E-state index is 14.3. The molecule has 0 radical (unpaired) electrons. The maximum absolute atomic E-state index is 14.3. The summed E-state index contributed by atoms with van der Waals surface area (Å²) in [6.07, 6.45) is 3.70. The van der Waals surface area contributed by atoms with E-state index in [1.54, 1.807) is 20.0 Å². The highest BCUT2D eigenvalue weighted by Gasteiger charge is 2.30. The molecular formula is C17H24FN3OSi. The van der Waals surface area contributed by atoms with E-state index in [-0.39, 0.29) is 17.8 Å². The molecule has 0 saturated carbocycles. The lowest BCUT2D eigenvalue weighted by molar-refractivity contribution is 0.0929. The highest BCUT2D eigenvalue weighted by atomic mass is 28.3. The van der Waals surface area contributed by atoms with Gasteiger partial charge < -0.3 is 10.3 Å². The van der Waals surface area contributed by atoms with E-state index in [2.05, 4.69) is 28.4 Å². The van der Waals surface area contributed by atoms with Gasteiger partial charge in [0, 0.05) is 19.5 Å². The van der Waals surface area contributed by atoms with E-state index in [0.29, 0.717) is 27.9 Å². The standard InChI is InChI=1S/C17H24FN3OSi/c1-10-14-13(9-19-11(2)15(14)18)21-16(10)17(22)20-12-5-7-23(3,4)8-6-12/h9,12,21H,5-8H2,1-4H3,(H,20,22). The van der Waals surface area contributed by atoms with Gasteiger partial charge in [-0.3, -0.25) is 9.78 Å². The van der Waals surface area contributed by atoms with Gasteiger partial charge in [-0.25, -0.2) is 4.39 Å². The van der Waals surface area contributed by atoms with Crippen LogP contribution in [0.1, 0.15) is 34.6 Å². The van der Waals surface area contributed by atoms with Gasteiger partial charge >= 0.3 is 0 Å². The average molecular weight is 333 g/mol. The van der Waals surface area contributed by atoms with Gasteiger partial charge in [-0.05, 0) is 32.3 Å². The zero-order valence-corrected chi connectivity index (χ0v) is 15.2. The maximum Gasteiger partial charge on any atom is 0.268 e. The molecule has 0 aliphatic carbocycles. The smallest absolute Gasteiger partial charge is 0.268 e. The molecule has 3 heterocycles. The normalized spacial score (nSPS) is 18.3. The molecule has 2 aromatic heterocycles. The molecule has 0 atom stereocenters. The number of carbonyl (C=O) groups is 1. The van der Waals surface area contributed by atoms with Crippen LogP contribution in [0.5, 0.6) is 0 Å². The largest absolute Gasteiger partial charge is 0.349 e. The van der Waals surface area contributed by atoms with Gasteiger partial charge in [0.15, 0.2) is 5.82 Å². The van der Waals surface area contributed by atoms with Crippen molar-refractivity contribution in [3.05, 3.63) is 29.0 Å². The number of nitrogens with zero attached hydrogens (tertiary/aromatic N) is 1. The number of rotatable bonds is 2. The van der Waals surface area contributed by atoms with Crippen LogP contribution in [0.2, 0.25) is 25.2 Å². The Morgan fingerprint density at radius 2 is 2.00 bits per heavy atom. The summed E-state index contributed by atoms with van der Waals surface area (Å²) in [7, 11) is -1.03. The van der Waals surface area contributed by atoms with Crippen LogP contribution in [-0.4, -0.2) is 30.0 Å². The van der Waals surface area contributed by atoms with Crippen LogP contribution in [0, 0.1) is 19.7 Å². The first kappa shape index (κ1) is 16.2. The second-order valence-electron chi connectivity index (χ2n) is 7.48. The van der Waals surface area contributed by atoms with E-state index in [0.717, 1.165) is 12.8 Å². The first-order valence-corrected chi connectivity index (χ1v) is 11.6. The number of fused-ring (bicyclic) bond motifs is 1. The molecule has 1 aliphatic rings. The number of hydrogen-bond donors (Lipinski definition) is 2. The van der Waals surface area contributed by atoms with E-state index in [1.165, 1.54) is 12.1 Å². The van der Waals surface area contributed by atoms with E-state index in [4.69, 9.17) is 0 Å². The second kappa shape index (κ2) is 5.74. The van der Waals surface area contributed by atoms with Crippen LogP contribution in [0.25, 0.3) is 10.9 Å². The zero-order valence-electron chi connectivity index (χ0n) is 14.2. The number of nitrogens with one attached hydrogen (secondary N) is 2. The summed E-state index contributed by atoms with van der Waals surface area (Å²) in [5.41, 5.74) is 2.04. The summed E-state index contributed by atoms with van der Waals surface area (Å²) in [5.74, 6) is -0.483. The Morgan fingerprint density at radius 1 is 1.35 bits per heavy atom. The average Bonchev–Trinajstić information content (AvgIpc) is 2.83. The summed E-state index contributed by atoms with van der Waals surface area (Å²) in [6.45, 7) is 8.23. The summed E-state index contributed by atoms with van der Waals surface area (Å²) in [4.78, 5) is 19.6. The van der Waals surface area contributed by atoms with Crippen molar-refractivity contribution in [2.75, 3.05) is 0 Å². The summed E-state index contributed by atoms with van der Waals surface area (Å²) >= 11 is 0. The third-order valence-corrected chi connectivity index (χ3v) is 8.39. The predicted molar refractivity (Wildman–Crippen MR) is 93.1 cm³/mol. The first-order valence-electron chi connectivity index (χ1n) is 8.23. The molecule has 1 amide bonds. The molecule has 1 fully saturated rings. The van der Waals surface area contributed by atoms with E-state index >= 15 is 0 Å². The van der Waals surface area contributed by atoms with E-state index in [1.807, 2.05) is 0 Å². The molecule has 124 valence electrons. The van der Waals surface area contributed by atoms with Crippen molar-refractivity contribution in [2.24, 2.45) is 0 Å². The number of aryl methyl sites for hydroxylation is 2. The number of aromatic nitrogens is 2. The minimum atomic E-state index is -1.03. The van der Waals surface area contributed by atoms with E-state index < -0.39 is 8.07 Å². The first-order chi connectivity index (χ1) is 10.8. The van der Waals surface area contributed by atoms with Gasteiger partial charge in [-0.2, -0.15) is 0 Å². The molecule has 2 aromatic rings. The van der Waals surface area contributed by atoms with Crippen molar-refractivity contribution in [1.29, 1.82) is 0 Å². The number of carbonyl (C=O) groups excluding carboxylic acids is 1. The Kier molecular flexibility index (Phi) is 4.04. The fraction of sp³-hybridized carbons (Fsp3) is 0.529.